The van der Waals surface area contributed by atoms with Crippen LogP contribution in [-0.2, 0) is 0 Å². The van der Waals surface area contributed by atoms with Crippen LogP contribution >= 0.6 is 0 Å². The van der Waals surface area contributed by atoms with E-state index >= 15 is 0 Å². The summed E-state index contributed by atoms with van der Waals surface area (Å²) in [4.78, 5) is 4.31. The highest BCUT2D eigenvalue weighted by atomic mass is 19.1. The summed E-state index contributed by atoms with van der Waals surface area (Å²) in [5, 5.41) is 7.59. The maximum atomic E-state index is 13.7. The van der Waals surface area contributed by atoms with E-state index in [9.17, 15) is 4.39 Å². The van der Waals surface area contributed by atoms with Crippen molar-refractivity contribution in [1.82, 2.24) is 14.8 Å². The molecule has 4 nitrogen and oxygen atoms in total. The number of fused-ring (bicyclic) bond motifs is 1. The van der Waals surface area contributed by atoms with Gasteiger partial charge in [-0.05, 0) is 37.5 Å². The third kappa shape index (κ3) is 1.75. The number of anilines is 1. The van der Waals surface area contributed by atoms with Crippen molar-refractivity contribution in [3.63, 3.8) is 0 Å². The summed E-state index contributed by atoms with van der Waals surface area (Å²) in [6.07, 6.45) is 0.887. The van der Waals surface area contributed by atoms with E-state index in [1.54, 1.807) is 13.0 Å². The Hall–Kier alpha value is -1.91. The van der Waals surface area contributed by atoms with Crippen LogP contribution in [-0.4, -0.2) is 21.3 Å². The molecule has 18 heavy (non-hydrogen) atoms. The first-order valence-corrected chi connectivity index (χ1v) is 6.08. The Morgan fingerprint density at radius 3 is 3.00 bits per heavy atom. The number of aryl methyl sites for hydroxylation is 2. The lowest BCUT2D eigenvalue weighted by molar-refractivity contribution is 0.475. The quantitative estimate of drug-likeness (QED) is 0.840. The van der Waals surface area contributed by atoms with E-state index in [4.69, 9.17) is 0 Å². The Balaban J connectivity index is 2.05. The minimum absolute atomic E-state index is 0.0672. The maximum Gasteiger partial charge on any atom is 0.221 e. The number of nitrogens with one attached hydrogen (secondary N) is 1. The molecule has 0 saturated carbocycles. The van der Waals surface area contributed by atoms with Crippen molar-refractivity contribution in [3.05, 3.63) is 41.0 Å². The number of hydrogen-bond donors (Lipinski definition) is 1. The molecular weight excluding hydrogens is 231 g/mol. The second-order valence-corrected chi connectivity index (χ2v) is 4.67. The molecule has 0 amide bonds. The van der Waals surface area contributed by atoms with Crippen LogP contribution in [0.15, 0.2) is 18.2 Å². The van der Waals surface area contributed by atoms with E-state index in [2.05, 4.69) is 15.4 Å². The lowest BCUT2D eigenvalue weighted by Gasteiger charge is -2.24. The first-order valence-electron chi connectivity index (χ1n) is 6.08. The van der Waals surface area contributed by atoms with Gasteiger partial charge >= 0.3 is 0 Å². The van der Waals surface area contributed by atoms with Gasteiger partial charge in [-0.25, -0.2) is 9.07 Å². The fourth-order valence-corrected chi connectivity index (χ4v) is 2.34. The van der Waals surface area contributed by atoms with Crippen LogP contribution in [0.1, 0.15) is 29.4 Å². The molecule has 1 aliphatic rings. The van der Waals surface area contributed by atoms with E-state index in [-0.39, 0.29) is 11.9 Å². The van der Waals surface area contributed by atoms with Gasteiger partial charge < -0.3 is 5.32 Å². The smallest absolute Gasteiger partial charge is 0.221 e. The van der Waals surface area contributed by atoms with Crippen molar-refractivity contribution in [1.29, 1.82) is 0 Å². The molecule has 1 atom stereocenters. The molecule has 2 aromatic rings. The lowest BCUT2D eigenvalue weighted by Crippen LogP contribution is -2.24. The van der Waals surface area contributed by atoms with Crippen molar-refractivity contribution in [2.75, 3.05) is 11.9 Å². The molecule has 0 fully saturated rings. The third-order valence-electron chi connectivity index (χ3n) is 3.31. The summed E-state index contributed by atoms with van der Waals surface area (Å²) >= 11 is 0. The number of hydrogen-bond acceptors (Lipinski definition) is 3. The molecule has 1 aromatic carbocycles. The van der Waals surface area contributed by atoms with Gasteiger partial charge in [0.25, 0.3) is 0 Å². The third-order valence-corrected chi connectivity index (χ3v) is 3.31. The summed E-state index contributed by atoms with van der Waals surface area (Å²) in [6, 6.07) is 5.45. The zero-order valence-corrected chi connectivity index (χ0v) is 10.4. The largest absolute Gasteiger partial charge is 0.354 e. The zero-order valence-electron chi connectivity index (χ0n) is 10.4. The van der Waals surface area contributed by atoms with Gasteiger partial charge in [-0.2, -0.15) is 10.1 Å². The minimum Gasteiger partial charge on any atom is -0.354 e. The van der Waals surface area contributed by atoms with Crippen LogP contribution < -0.4 is 5.32 Å². The summed E-state index contributed by atoms with van der Waals surface area (Å²) in [7, 11) is 0. The molecule has 0 bridgehead atoms. The molecular formula is C13H15FN4. The molecule has 3 rings (SSSR count). The Labute approximate surface area is 105 Å². The predicted octanol–water partition coefficient (Wildman–Crippen LogP) is 2.44. The molecule has 1 aromatic heterocycles. The average Bonchev–Trinajstić information content (AvgIpc) is 2.72. The average molecular weight is 246 g/mol. The Morgan fingerprint density at radius 2 is 2.22 bits per heavy atom. The molecule has 1 unspecified atom stereocenters. The van der Waals surface area contributed by atoms with Gasteiger partial charge in [-0.1, -0.05) is 12.1 Å². The number of aromatic nitrogens is 3. The van der Waals surface area contributed by atoms with Crippen LogP contribution in [0, 0.1) is 19.7 Å². The molecule has 0 aliphatic carbocycles. The Morgan fingerprint density at radius 1 is 1.39 bits per heavy atom. The van der Waals surface area contributed by atoms with Crippen molar-refractivity contribution < 1.29 is 4.39 Å². The first kappa shape index (κ1) is 11.2. The van der Waals surface area contributed by atoms with Gasteiger partial charge in [0.2, 0.25) is 5.95 Å². The second kappa shape index (κ2) is 4.08. The molecule has 2 heterocycles. The standard InChI is InChI=1S/C13H15FN4/c1-8-3-4-10(7-11(8)14)12-5-6-15-13-16-9(2)17-18(12)13/h3-4,7,12H,5-6H2,1-2H3,(H,15,16,17). The highest BCUT2D eigenvalue weighted by Crippen LogP contribution is 2.29. The molecule has 0 radical (unpaired) electrons. The minimum atomic E-state index is -0.163. The second-order valence-electron chi connectivity index (χ2n) is 4.67. The van der Waals surface area contributed by atoms with Crippen LogP contribution in [0.4, 0.5) is 10.3 Å². The van der Waals surface area contributed by atoms with Gasteiger partial charge in [-0.15, -0.1) is 0 Å². The van der Waals surface area contributed by atoms with Gasteiger partial charge in [0.15, 0.2) is 0 Å². The first-order chi connectivity index (χ1) is 8.65. The van der Waals surface area contributed by atoms with Crippen molar-refractivity contribution >= 4 is 5.95 Å². The summed E-state index contributed by atoms with van der Waals surface area (Å²) in [5.74, 6) is 1.34. The van der Waals surface area contributed by atoms with Gasteiger partial charge in [0, 0.05) is 6.54 Å². The van der Waals surface area contributed by atoms with Gasteiger partial charge in [0.05, 0.1) is 6.04 Å². The van der Waals surface area contributed by atoms with Gasteiger partial charge in [-0.3, -0.25) is 0 Å². The maximum absolute atomic E-state index is 13.7. The van der Waals surface area contributed by atoms with Crippen LogP contribution in [0.5, 0.6) is 0 Å². The number of rotatable bonds is 1. The lowest BCUT2D eigenvalue weighted by atomic mass is 10.0. The van der Waals surface area contributed by atoms with E-state index < -0.39 is 0 Å². The highest BCUT2D eigenvalue weighted by Gasteiger charge is 2.24. The Bertz CT molecular complexity index is 591. The van der Waals surface area contributed by atoms with Crippen molar-refractivity contribution in [3.8, 4) is 0 Å². The molecule has 0 spiro atoms. The Kier molecular flexibility index (Phi) is 2.54. The number of nitrogens with zero attached hydrogens (tertiary/aromatic N) is 3. The molecule has 5 heteroatoms. The molecule has 94 valence electrons. The van der Waals surface area contributed by atoms with E-state index in [1.807, 2.05) is 23.7 Å². The predicted molar refractivity (Wildman–Crippen MR) is 67.1 cm³/mol. The van der Waals surface area contributed by atoms with Crippen molar-refractivity contribution in [2.24, 2.45) is 0 Å². The SMILES string of the molecule is Cc1nc2n(n1)C(c1ccc(C)c(F)c1)CCN2. The van der Waals surface area contributed by atoms with E-state index in [0.717, 1.165) is 30.3 Å². The van der Waals surface area contributed by atoms with Crippen LogP contribution in [0.3, 0.4) is 0 Å². The number of benzene rings is 1. The van der Waals surface area contributed by atoms with E-state index in [1.165, 1.54) is 0 Å². The summed E-state index contributed by atoms with van der Waals surface area (Å²) in [6.45, 7) is 4.46. The normalized spacial score (nSPS) is 18.3. The summed E-state index contributed by atoms with van der Waals surface area (Å²) < 4.78 is 15.5. The molecule has 1 N–H and O–H groups in total. The topological polar surface area (TPSA) is 42.7 Å². The van der Waals surface area contributed by atoms with Crippen molar-refractivity contribution in [2.45, 2.75) is 26.3 Å². The molecule has 0 saturated heterocycles. The van der Waals surface area contributed by atoms with Crippen LogP contribution in [0.2, 0.25) is 0 Å². The summed E-state index contributed by atoms with van der Waals surface area (Å²) in [5.41, 5.74) is 1.62. The molecule has 1 aliphatic heterocycles. The fourth-order valence-electron chi connectivity index (χ4n) is 2.34. The monoisotopic (exact) mass is 246 g/mol. The zero-order chi connectivity index (χ0) is 12.7. The van der Waals surface area contributed by atoms with Gasteiger partial charge in [0.1, 0.15) is 11.6 Å². The number of halogens is 1. The van der Waals surface area contributed by atoms with E-state index in [0.29, 0.717) is 5.56 Å². The highest BCUT2D eigenvalue weighted by molar-refractivity contribution is 5.34. The van der Waals surface area contributed by atoms with Crippen LogP contribution in [0.25, 0.3) is 0 Å². The fraction of sp³-hybridized carbons (Fsp3) is 0.385.